The smallest absolute Gasteiger partial charge is 0.00203 e. The summed E-state index contributed by atoms with van der Waals surface area (Å²) >= 11 is 0. The van der Waals surface area contributed by atoms with E-state index >= 15 is 0 Å². The molecule has 1 unspecified atom stereocenters. The molecule has 64 valence electrons. The van der Waals surface area contributed by atoms with E-state index in [0.29, 0.717) is 0 Å². The Hall–Kier alpha value is -0.0400. The molecule has 1 aliphatic carbocycles. The normalized spacial score (nSPS) is 35.2. The molecule has 2 aliphatic rings. The van der Waals surface area contributed by atoms with Crippen LogP contribution in [0.25, 0.3) is 0 Å². The fourth-order valence-corrected chi connectivity index (χ4v) is 2.73. The van der Waals surface area contributed by atoms with Crippen molar-refractivity contribution in [3.8, 4) is 0 Å². The highest BCUT2D eigenvalue weighted by molar-refractivity contribution is 4.95. The molecule has 2 rings (SSSR count). The minimum Gasteiger partial charge on any atom is -0.316 e. The molecule has 1 atom stereocenters. The van der Waals surface area contributed by atoms with Crippen LogP contribution in [0.2, 0.25) is 0 Å². The molecule has 1 heteroatoms. The first-order valence-corrected chi connectivity index (χ1v) is 5.05. The molecule has 1 N–H and O–H groups in total. The molecule has 1 nitrogen and oxygen atoms in total. The predicted molar refractivity (Wildman–Crippen MR) is 47.6 cm³/mol. The van der Waals surface area contributed by atoms with Gasteiger partial charge >= 0.3 is 0 Å². The van der Waals surface area contributed by atoms with Crippen molar-refractivity contribution in [1.82, 2.24) is 5.32 Å². The highest BCUT2D eigenvalue weighted by atomic mass is 15.0. The van der Waals surface area contributed by atoms with Crippen LogP contribution in [0, 0.1) is 11.3 Å². The molecule has 0 aromatic carbocycles. The molecule has 1 spiro atoms. The Kier molecular flexibility index (Phi) is 1.92. The van der Waals surface area contributed by atoms with Gasteiger partial charge in [-0.25, -0.2) is 0 Å². The van der Waals surface area contributed by atoms with Gasteiger partial charge in [-0.2, -0.15) is 0 Å². The van der Waals surface area contributed by atoms with Crippen molar-refractivity contribution in [2.75, 3.05) is 13.1 Å². The maximum absolute atomic E-state index is 3.42. The Morgan fingerprint density at radius 3 is 2.82 bits per heavy atom. The monoisotopic (exact) mass is 153 g/mol. The number of nitrogens with one attached hydrogen (secondary N) is 1. The quantitative estimate of drug-likeness (QED) is 0.609. The zero-order valence-electron chi connectivity index (χ0n) is 7.53. The van der Waals surface area contributed by atoms with E-state index < -0.39 is 0 Å². The second kappa shape index (κ2) is 2.78. The third-order valence-electron chi connectivity index (χ3n) is 3.62. The van der Waals surface area contributed by atoms with Gasteiger partial charge in [0, 0.05) is 13.1 Å². The van der Waals surface area contributed by atoms with Crippen molar-refractivity contribution in [3.63, 3.8) is 0 Å². The molecule has 0 aromatic rings. The van der Waals surface area contributed by atoms with Crippen molar-refractivity contribution in [2.45, 2.75) is 39.0 Å². The molecule has 1 heterocycles. The third-order valence-corrected chi connectivity index (χ3v) is 3.62. The highest BCUT2D eigenvalue weighted by Gasteiger charge is 2.40. The molecular formula is C10H19N. The first-order valence-electron chi connectivity index (χ1n) is 5.05. The average Bonchev–Trinajstić information content (AvgIpc) is 2.02. The van der Waals surface area contributed by atoms with Crippen LogP contribution in [-0.2, 0) is 0 Å². The first-order chi connectivity index (χ1) is 5.35. The van der Waals surface area contributed by atoms with Crippen LogP contribution in [-0.4, -0.2) is 13.1 Å². The van der Waals surface area contributed by atoms with Gasteiger partial charge < -0.3 is 5.32 Å². The van der Waals surface area contributed by atoms with Gasteiger partial charge in [0.05, 0.1) is 0 Å². The molecular weight excluding hydrogens is 134 g/mol. The van der Waals surface area contributed by atoms with Crippen molar-refractivity contribution in [2.24, 2.45) is 11.3 Å². The van der Waals surface area contributed by atoms with Gasteiger partial charge in [-0.3, -0.25) is 0 Å². The maximum atomic E-state index is 3.42. The lowest BCUT2D eigenvalue weighted by Crippen LogP contribution is -2.55. The summed E-state index contributed by atoms with van der Waals surface area (Å²) in [7, 11) is 0. The van der Waals surface area contributed by atoms with Crippen molar-refractivity contribution >= 4 is 0 Å². The van der Waals surface area contributed by atoms with Gasteiger partial charge in [0.15, 0.2) is 0 Å². The Balaban J connectivity index is 1.92. The second-order valence-corrected chi connectivity index (χ2v) is 4.47. The molecule has 11 heavy (non-hydrogen) atoms. The Morgan fingerprint density at radius 2 is 2.27 bits per heavy atom. The molecule has 1 saturated carbocycles. The zero-order chi connectivity index (χ0) is 7.73. The fourth-order valence-electron chi connectivity index (χ4n) is 2.73. The average molecular weight is 153 g/mol. The Bertz CT molecular complexity index is 138. The summed E-state index contributed by atoms with van der Waals surface area (Å²) in [5.41, 5.74) is 0.763. The fraction of sp³-hybridized carbons (Fsp3) is 1.00. The maximum Gasteiger partial charge on any atom is 0.00203 e. The van der Waals surface area contributed by atoms with Gasteiger partial charge in [-0.15, -0.1) is 0 Å². The number of hydrogen-bond donors (Lipinski definition) is 1. The van der Waals surface area contributed by atoms with Gasteiger partial charge in [-0.05, 0) is 24.2 Å². The molecule has 0 radical (unpaired) electrons. The number of rotatable bonds is 1. The van der Waals surface area contributed by atoms with Crippen LogP contribution in [0.5, 0.6) is 0 Å². The van der Waals surface area contributed by atoms with Crippen molar-refractivity contribution in [3.05, 3.63) is 0 Å². The summed E-state index contributed by atoms with van der Waals surface area (Å²) in [5, 5.41) is 3.42. The van der Waals surface area contributed by atoms with Crippen LogP contribution in [0.1, 0.15) is 39.0 Å². The van der Waals surface area contributed by atoms with Crippen LogP contribution in [0.3, 0.4) is 0 Å². The molecule has 1 aliphatic heterocycles. The summed E-state index contributed by atoms with van der Waals surface area (Å²) in [6.45, 7) is 4.96. The van der Waals surface area contributed by atoms with E-state index in [1.54, 1.807) is 0 Å². The predicted octanol–water partition coefficient (Wildman–Crippen LogP) is 2.18. The standard InChI is InChI=1S/C10H19N/c1-2-9-4-3-5-10(6-9)7-11-8-10/h9,11H,2-8H2,1H3. The number of hydrogen-bond acceptors (Lipinski definition) is 1. The van der Waals surface area contributed by atoms with Gasteiger partial charge in [0.1, 0.15) is 0 Å². The lowest BCUT2D eigenvalue weighted by Gasteiger charge is -2.48. The van der Waals surface area contributed by atoms with E-state index in [9.17, 15) is 0 Å². The van der Waals surface area contributed by atoms with Crippen LogP contribution < -0.4 is 5.32 Å². The van der Waals surface area contributed by atoms with Crippen molar-refractivity contribution < 1.29 is 0 Å². The summed E-state index contributed by atoms with van der Waals surface area (Å²) < 4.78 is 0. The molecule has 1 saturated heterocycles. The third kappa shape index (κ3) is 1.31. The van der Waals surface area contributed by atoms with Crippen LogP contribution in [0.15, 0.2) is 0 Å². The molecule has 0 bridgehead atoms. The molecule has 0 aromatic heterocycles. The van der Waals surface area contributed by atoms with E-state index in [0.717, 1.165) is 11.3 Å². The van der Waals surface area contributed by atoms with Crippen LogP contribution >= 0.6 is 0 Å². The summed E-state index contributed by atoms with van der Waals surface area (Å²) in [6.07, 6.45) is 7.40. The van der Waals surface area contributed by atoms with Crippen molar-refractivity contribution in [1.29, 1.82) is 0 Å². The second-order valence-electron chi connectivity index (χ2n) is 4.47. The Morgan fingerprint density at radius 1 is 1.45 bits per heavy atom. The first kappa shape index (κ1) is 7.60. The summed E-state index contributed by atoms with van der Waals surface area (Å²) in [4.78, 5) is 0. The zero-order valence-corrected chi connectivity index (χ0v) is 7.53. The van der Waals surface area contributed by atoms with Crippen LogP contribution in [0.4, 0.5) is 0 Å². The lowest BCUT2D eigenvalue weighted by molar-refractivity contribution is 0.0711. The van der Waals surface area contributed by atoms with Gasteiger partial charge in [-0.1, -0.05) is 26.2 Å². The van der Waals surface area contributed by atoms with E-state index in [4.69, 9.17) is 0 Å². The molecule has 0 amide bonds. The molecule has 2 fully saturated rings. The SMILES string of the molecule is CCC1CCCC2(CNC2)C1. The lowest BCUT2D eigenvalue weighted by atomic mass is 9.65. The summed E-state index contributed by atoms with van der Waals surface area (Å²) in [6, 6.07) is 0. The van der Waals surface area contributed by atoms with E-state index in [1.165, 1.54) is 45.2 Å². The minimum atomic E-state index is 0.763. The largest absolute Gasteiger partial charge is 0.316 e. The van der Waals surface area contributed by atoms with E-state index in [-0.39, 0.29) is 0 Å². The summed E-state index contributed by atoms with van der Waals surface area (Å²) in [5.74, 6) is 1.05. The topological polar surface area (TPSA) is 12.0 Å². The van der Waals surface area contributed by atoms with E-state index in [1.807, 2.05) is 0 Å². The van der Waals surface area contributed by atoms with Gasteiger partial charge in [0.2, 0.25) is 0 Å². The Labute approximate surface area is 69.6 Å². The minimum absolute atomic E-state index is 0.763. The highest BCUT2D eigenvalue weighted by Crippen LogP contribution is 2.42. The van der Waals surface area contributed by atoms with Gasteiger partial charge in [0.25, 0.3) is 0 Å². The van der Waals surface area contributed by atoms with E-state index in [2.05, 4.69) is 12.2 Å².